The molecule has 0 bridgehead atoms. The van der Waals surface area contributed by atoms with Gasteiger partial charge in [-0.25, -0.2) is 15.0 Å². The zero-order valence-corrected chi connectivity index (χ0v) is 29.6. The molecule has 55 heavy (non-hydrogen) atoms. The molecule has 12 rings (SSSR count). The number of fused-ring (bicyclic) bond motifs is 11. The Kier molecular flexibility index (Phi) is 6.33. The maximum atomic E-state index is 5.27. The Morgan fingerprint density at radius 1 is 0.473 bits per heavy atom. The molecule has 0 N–H and O–H groups in total. The average molecular weight is 702 g/mol. The van der Waals surface area contributed by atoms with Crippen LogP contribution in [0, 0.1) is 0 Å². The third-order valence-corrected chi connectivity index (χ3v) is 11.4. The lowest BCUT2D eigenvalue weighted by atomic mass is 9.87. The molecule has 1 unspecified atom stereocenters. The molecule has 1 aliphatic carbocycles. The lowest BCUT2D eigenvalue weighted by Crippen LogP contribution is -2.16. The molecule has 4 heterocycles. The molecule has 2 aliphatic rings. The number of aromatic nitrogens is 4. The van der Waals surface area contributed by atoms with Crippen molar-refractivity contribution in [3.05, 3.63) is 193 Å². The van der Waals surface area contributed by atoms with Crippen molar-refractivity contribution in [3.8, 4) is 34.0 Å². The monoisotopic (exact) mass is 701 g/mol. The van der Waals surface area contributed by atoms with Gasteiger partial charge in [0.05, 0.1) is 44.9 Å². The number of allylic oxidation sites excluding steroid dienone is 1. The first-order chi connectivity index (χ1) is 27.3. The predicted molar refractivity (Wildman–Crippen MR) is 226 cm³/mol. The van der Waals surface area contributed by atoms with Gasteiger partial charge < -0.3 is 4.57 Å². The van der Waals surface area contributed by atoms with Crippen molar-refractivity contribution in [2.75, 3.05) is 0 Å². The number of aliphatic imine (C=N–C) groups is 1. The number of hydrogen-bond acceptors (Lipinski definition) is 3. The Labute approximate surface area is 316 Å². The summed E-state index contributed by atoms with van der Waals surface area (Å²) < 4.78 is 4.62. The van der Waals surface area contributed by atoms with Crippen molar-refractivity contribution in [1.82, 2.24) is 19.1 Å². The van der Waals surface area contributed by atoms with Crippen molar-refractivity contribution in [2.45, 2.75) is 5.92 Å². The number of benzene rings is 7. The third kappa shape index (κ3) is 4.44. The fourth-order valence-electron chi connectivity index (χ4n) is 8.90. The third-order valence-electron chi connectivity index (χ3n) is 11.4. The molecule has 0 spiro atoms. The summed E-state index contributed by atoms with van der Waals surface area (Å²) in [5, 5.41) is 4.58. The van der Waals surface area contributed by atoms with Crippen molar-refractivity contribution in [2.24, 2.45) is 4.99 Å². The second-order valence-corrected chi connectivity index (χ2v) is 14.4. The van der Waals surface area contributed by atoms with Gasteiger partial charge >= 0.3 is 0 Å². The second-order valence-electron chi connectivity index (χ2n) is 14.4. The van der Waals surface area contributed by atoms with Gasteiger partial charge in [0, 0.05) is 44.3 Å². The quantitative estimate of drug-likeness (QED) is 0.183. The minimum atomic E-state index is 0.144. The van der Waals surface area contributed by atoms with Crippen LogP contribution >= 0.6 is 0 Å². The Morgan fingerprint density at radius 2 is 1.13 bits per heavy atom. The molecule has 1 aliphatic heterocycles. The number of rotatable bonds is 4. The van der Waals surface area contributed by atoms with Crippen LogP contribution in [0.4, 0.5) is 5.69 Å². The zero-order chi connectivity index (χ0) is 36.0. The summed E-state index contributed by atoms with van der Waals surface area (Å²) >= 11 is 0. The summed E-state index contributed by atoms with van der Waals surface area (Å²) in [4.78, 5) is 15.7. The molecular weight excluding hydrogens is 671 g/mol. The minimum absolute atomic E-state index is 0.144. The minimum Gasteiger partial charge on any atom is -0.307 e. The summed E-state index contributed by atoms with van der Waals surface area (Å²) in [6, 6.07) is 60.2. The van der Waals surface area contributed by atoms with E-state index in [1.54, 1.807) is 0 Å². The highest BCUT2D eigenvalue weighted by Gasteiger charge is 2.34. The Balaban J connectivity index is 1.05. The van der Waals surface area contributed by atoms with Crippen LogP contribution in [0.5, 0.6) is 0 Å². The maximum absolute atomic E-state index is 5.27. The van der Waals surface area contributed by atoms with Crippen molar-refractivity contribution >= 4 is 61.1 Å². The van der Waals surface area contributed by atoms with Crippen LogP contribution in [0.25, 0.3) is 83.7 Å². The first-order valence-electron chi connectivity index (χ1n) is 18.7. The van der Waals surface area contributed by atoms with E-state index in [1.165, 1.54) is 38.7 Å². The molecule has 3 aromatic heterocycles. The van der Waals surface area contributed by atoms with E-state index >= 15 is 0 Å². The fraction of sp³-hybridized carbons (Fsp3) is 0.0200. The lowest BCUT2D eigenvalue weighted by molar-refractivity contribution is 1.01. The first kappa shape index (κ1) is 30.1. The van der Waals surface area contributed by atoms with Crippen molar-refractivity contribution in [1.29, 1.82) is 0 Å². The summed E-state index contributed by atoms with van der Waals surface area (Å²) in [6.45, 7) is 0. The van der Waals surface area contributed by atoms with E-state index in [9.17, 15) is 0 Å². The van der Waals surface area contributed by atoms with Crippen LogP contribution < -0.4 is 0 Å². The van der Waals surface area contributed by atoms with E-state index in [4.69, 9.17) is 15.0 Å². The summed E-state index contributed by atoms with van der Waals surface area (Å²) in [5.41, 5.74) is 15.5. The Bertz CT molecular complexity index is 3260. The molecule has 1 atom stereocenters. The molecule has 0 saturated heterocycles. The normalized spacial score (nSPS) is 14.4. The van der Waals surface area contributed by atoms with Crippen LogP contribution in [0.1, 0.15) is 22.7 Å². The molecule has 7 aromatic carbocycles. The van der Waals surface area contributed by atoms with Gasteiger partial charge in [0.2, 0.25) is 5.95 Å². The van der Waals surface area contributed by atoms with Crippen LogP contribution in [0.2, 0.25) is 0 Å². The largest absolute Gasteiger partial charge is 0.307 e. The standard InChI is InChI=1S/C50H31N5/c1-3-13-31(14-4-1)47-39-19-8-11-21-43(39)52-50(53-47)55-44-22-12-9-18-36(44)40-29-32(24-28-46(40)55)33-23-27-45-41(30-33)38-26-25-37-35-17-7-10-20-42(35)51-48(37)49(38)54(45)34-15-5-2-6-16-34/h1-30,37H. The summed E-state index contributed by atoms with van der Waals surface area (Å²) in [7, 11) is 0. The van der Waals surface area contributed by atoms with E-state index < -0.39 is 0 Å². The zero-order valence-electron chi connectivity index (χ0n) is 29.6. The number of hydrogen-bond donors (Lipinski definition) is 0. The number of nitrogens with zero attached hydrogens (tertiary/aromatic N) is 5. The van der Waals surface area contributed by atoms with Gasteiger partial charge in [0.15, 0.2) is 0 Å². The second kappa shape index (κ2) is 11.6. The van der Waals surface area contributed by atoms with Gasteiger partial charge in [-0.15, -0.1) is 0 Å². The van der Waals surface area contributed by atoms with Crippen LogP contribution in [-0.2, 0) is 0 Å². The molecule has 0 amide bonds. The highest BCUT2D eigenvalue weighted by molar-refractivity contribution is 6.19. The fourth-order valence-corrected chi connectivity index (χ4v) is 8.90. The molecule has 0 saturated carbocycles. The average Bonchev–Trinajstić information content (AvgIpc) is 3.91. The SMILES string of the molecule is C1=CC2C(=Nc3ccccc32)c2c1c1cc(-c3ccc4c(c3)c3ccccc3n4-c3nc(-c4ccccc4)c4ccccc4n3)ccc1n2-c1ccccc1. The van der Waals surface area contributed by atoms with Crippen LogP contribution in [-0.4, -0.2) is 24.8 Å². The van der Waals surface area contributed by atoms with Gasteiger partial charge in [-0.05, 0) is 71.3 Å². The highest BCUT2D eigenvalue weighted by Crippen LogP contribution is 2.46. The molecule has 5 nitrogen and oxygen atoms in total. The van der Waals surface area contributed by atoms with Gasteiger partial charge in [-0.1, -0.05) is 127 Å². The molecular formula is C50H31N5. The van der Waals surface area contributed by atoms with Crippen molar-refractivity contribution < 1.29 is 0 Å². The van der Waals surface area contributed by atoms with Crippen molar-refractivity contribution in [3.63, 3.8) is 0 Å². The van der Waals surface area contributed by atoms with Crippen LogP contribution in [0.3, 0.4) is 0 Å². The molecule has 256 valence electrons. The predicted octanol–water partition coefficient (Wildman–Crippen LogP) is 12.2. The van der Waals surface area contributed by atoms with E-state index in [1.807, 2.05) is 12.1 Å². The Hall–Kier alpha value is -7.37. The van der Waals surface area contributed by atoms with E-state index in [0.29, 0.717) is 5.95 Å². The van der Waals surface area contributed by atoms with E-state index in [-0.39, 0.29) is 5.92 Å². The smallest absolute Gasteiger partial charge is 0.235 e. The van der Waals surface area contributed by atoms with Gasteiger partial charge in [0.25, 0.3) is 0 Å². The van der Waals surface area contributed by atoms with E-state index in [0.717, 1.165) is 61.2 Å². The highest BCUT2D eigenvalue weighted by atomic mass is 15.2. The summed E-state index contributed by atoms with van der Waals surface area (Å²) in [6.07, 6.45) is 4.64. The molecule has 5 heteroatoms. The lowest BCUT2D eigenvalue weighted by Gasteiger charge is -2.19. The molecule has 10 aromatic rings. The van der Waals surface area contributed by atoms with Gasteiger partial charge in [-0.3, -0.25) is 4.57 Å². The molecule has 0 radical (unpaired) electrons. The van der Waals surface area contributed by atoms with Crippen LogP contribution in [0.15, 0.2) is 181 Å². The number of para-hydroxylation sites is 4. The Morgan fingerprint density at radius 3 is 1.96 bits per heavy atom. The summed E-state index contributed by atoms with van der Waals surface area (Å²) in [5.74, 6) is 0.805. The van der Waals surface area contributed by atoms with Gasteiger partial charge in [-0.2, -0.15) is 0 Å². The topological polar surface area (TPSA) is 48.0 Å². The maximum Gasteiger partial charge on any atom is 0.235 e. The van der Waals surface area contributed by atoms with E-state index in [2.05, 4.69) is 179 Å². The van der Waals surface area contributed by atoms with Gasteiger partial charge in [0.1, 0.15) is 0 Å². The first-order valence-corrected chi connectivity index (χ1v) is 18.7. The molecule has 0 fully saturated rings.